The summed E-state index contributed by atoms with van der Waals surface area (Å²) in [6, 6.07) is 17.4. The van der Waals surface area contributed by atoms with Crippen molar-refractivity contribution >= 4 is 5.91 Å². The predicted octanol–water partition coefficient (Wildman–Crippen LogP) is 2.53. The molecule has 0 spiro atoms. The Kier molecular flexibility index (Phi) is 6.97. The second-order valence-corrected chi connectivity index (χ2v) is 5.90. The van der Waals surface area contributed by atoms with Crippen molar-refractivity contribution in [3.63, 3.8) is 0 Å². The van der Waals surface area contributed by atoms with E-state index in [1.807, 2.05) is 73.5 Å². The number of amides is 1. The number of carbonyl (C=O) groups excluding carboxylic acids is 1. The molecule has 128 valence electrons. The maximum absolute atomic E-state index is 12.6. The van der Waals surface area contributed by atoms with Crippen LogP contribution in [0.1, 0.15) is 29.7 Å². The van der Waals surface area contributed by atoms with Crippen molar-refractivity contribution in [2.45, 2.75) is 26.0 Å². The fraction of sp³-hybridized carbons (Fsp3) is 0.350. The number of rotatable bonds is 8. The highest BCUT2D eigenvalue weighted by molar-refractivity contribution is 5.83. The van der Waals surface area contributed by atoms with Crippen LogP contribution in [0.5, 0.6) is 0 Å². The lowest BCUT2D eigenvalue weighted by Gasteiger charge is -2.26. The van der Waals surface area contributed by atoms with Gasteiger partial charge in [-0.3, -0.25) is 9.69 Å². The SMILES string of the molecule is CCN(C)C(C(=O)NCCc1ccc(CO)cc1)c1ccccc1. The molecule has 0 saturated heterocycles. The van der Waals surface area contributed by atoms with Gasteiger partial charge in [0.2, 0.25) is 5.91 Å². The number of nitrogens with zero attached hydrogens (tertiary/aromatic N) is 1. The van der Waals surface area contributed by atoms with Gasteiger partial charge in [0.25, 0.3) is 0 Å². The minimum absolute atomic E-state index is 0.0255. The molecule has 1 atom stereocenters. The van der Waals surface area contributed by atoms with Crippen molar-refractivity contribution < 1.29 is 9.90 Å². The predicted molar refractivity (Wildman–Crippen MR) is 96.6 cm³/mol. The maximum Gasteiger partial charge on any atom is 0.241 e. The molecule has 0 fully saturated rings. The molecule has 0 radical (unpaired) electrons. The topological polar surface area (TPSA) is 52.6 Å². The Hall–Kier alpha value is -2.17. The quantitative estimate of drug-likeness (QED) is 0.784. The van der Waals surface area contributed by atoms with Gasteiger partial charge in [-0.05, 0) is 36.7 Å². The molecule has 24 heavy (non-hydrogen) atoms. The zero-order valence-corrected chi connectivity index (χ0v) is 14.4. The molecule has 0 saturated carbocycles. The average Bonchev–Trinajstić information content (AvgIpc) is 2.63. The van der Waals surface area contributed by atoms with Crippen molar-refractivity contribution in [2.75, 3.05) is 20.1 Å². The minimum atomic E-state index is -0.270. The first-order chi connectivity index (χ1) is 11.7. The van der Waals surface area contributed by atoms with Gasteiger partial charge >= 0.3 is 0 Å². The highest BCUT2D eigenvalue weighted by Crippen LogP contribution is 2.19. The Bertz CT molecular complexity index is 626. The van der Waals surface area contributed by atoms with Crippen LogP contribution in [-0.2, 0) is 17.8 Å². The minimum Gasteiger partial charge on any atom is -0.392 e. The van der Waals surface area contributed by atoms with E-state index in [1.54, 1.807) is 0 Å². The third-order valence-corrected chi connectivity index (χ3v) is 4.22. The van der Waals surface area contributed by atoms with Crippen LogP contribution in [0.15, 0.2) is 54.6 Å². The van der Waals surface area contributed by atoms with E-state index >= 15 is 0 Å². The normalized spacial score (nSPS) is 12.2. The molecule has 0 bridgehead atoms. The van der Waals surface area contributed by atoms with Crippen molar-refractivity contribution in [3.05, 3.63) is 71.3 Å². The molecule has 2 aromatic rings. The van der Waals surface area contributed by atoms with Crippen molar-refractivity contribution in [3.8, 4) is 0 Å². The fourth-order valence-corrected chi connectivity index (χ4v) is 2.66. The number of carbonyl (C=O) groups is 1. The van der Waals surface area contributed by atoms with Crippen LogP contribution < -0.4 is 5.32 Å². The smallest absolute Gasteiger partial charge is 0.241 e. The zero-order chi connectivity index (χ0) is 17.4. The van der Waals surface area contributed by atoms with E-state index in [-0.39, 0.29) is 18.6 Å². The van der Waals surface area contributed by atoms with Gasteiger partial charge in [-0.15, -0.1) is 0 Å². The van der Waals surface area contributed by atoms with Gasteiger partial charge in [-0.25, -0.2) is 0 Å². The number of hydrogen-bond acceptors (Lipinski definition) is 3. The number of aliphatic hydroxyl groups excluding tert-OH is 1. The van der Waals surface area contributed by atoms with Gasteiger partial charge in [-0.2, -0.15) is 0 Å². The molecule has 1 amide bonds. The van der Waals surface area contributed by atoms with Gasteiger partial charge in [0.1, 0.15) is 6.04 Å². The monoisotopic (exact) mass is 326 g/mol. The molecule has 0 aliphatic carbocycles. The van der Waals surface area contributed by atoms with Crippen molar-refractivity contribution in [1.82, 2.24) is 10.2 Å². The zero-order valence-electron chi connectivity index (χ0n) is 14.4. The van der Waals surface area contributed by atoms with E-state index in [4.69, 9.17) is 5.11 Å². The second kappa shape index (κ2) is 9.21. The Balaban J connectivity index is 1.95. The molecular formula is C20H26N2O2. The molecule has 0 aliphatic rings. The van der Waals surface area contributed by atoms with Crippen LogP contribution in [0.4, 0.5) is 0 Å². The largest absolute Gasteiger partial charge is 0.392 e. The van der Waals surface area contributed by atoms with Crippen LogP contribution in [0.3, 0.4) is 0 Å². The fourth-order valence-electron chi connectivity index (χ4n) is 2.66. The third-order valence-electron chi connectivity index (χ3n) is 4.22. The Labute approximate surface area is 144 Å². The number of nitrogens with one attached hydrogen (secondary N) is 1. The van der Waals surface area contributed by atoms with E-state index in [0.717, 1.165) is 29.7 Å². The maximum atomic E-state index is 12.6. The Morgan fingerprint density at radius 2 is 1.71 bits per heavy atom. The molecule has 4 heteroatoms. The summed E-state index contributed by atoms with van der Waals surface area (Å²) in [5.74, 6) is 0.0255. The lowest BCUT2D eigenvalue weighted by molar-refractivity contribution is -0.126. The van der Waals surface area contributed by atoms with Crippen LogP contribution in [0, 0.1) is 0 Å². The highest BCUT2D eigenvalue weighted by atomic mass is 16.3. The van der Waals surface area contributed by atoms with Gasteiger partial charge in [-0.1, -0.05) is 61.5 Å². The lowest BCUT2D eigenvalue weighted by Crippen LogP contribution is -2.39. The summed E-state index contributed by atoms with van der Waals surface area (Å²) in [6.45, 7) is 3.50. The summed E-state index contributed by atoms with van der Waals surface area (Å²) >= 11 is 0. The summed E-state index contributed by atoms with van der Waals surface area (Å²) in [6.07, 6.45) is 0.773. The highest BCUT2D eigenvalue weighted by Gasteiger charge is 2.23. The number of benzene rings is 2. The average molecular weight is 326 g/mol. The van der Waals surface area contributed by atoms with E-state index in [9.17, 15) is 4.79 Å². The number of likely N-dealkylation sites (N-methyl/N-ethyl adjacent to an activating group) is 1. The van der Waals surface area contributed by atoms with Crippen molar-refractivity contribution in [2.24, 2.45) is 0 Å². The van der Waals surface area contributed by atoms with E-state index < -0.39 is 0 Å². The first-order valence-electron chi connectivity index (χ1n) is 8.37. The third kappa shape index (κ3) is 4.91. The first-order valence-corrected chi connectivity index (χ1v) is 8.37. The summed E-state index contributed by atoms with van der Waals surface area (Å²) in [4.78, 5) is 14.7. The van der Waals surface area contributed by atoms with Crippen LogP contribution in [-0.4, -0.2) is 36.1 Å². The lowest BCUT2D eigenvalue weighted by atomic mass is 10.0. The van der Waals surface area contributed by atoms with Gasteiger partial charge in [0.05, 0.1) is 6.61 Å². The van der Waals surface area contributed by atoms with Crippen LogP contribution in [0.25, 0.3) is 0 Å². The van der Waals surface area contributed by atoms with Gasteiger partial charge in [0, 0.05) is 6.54 Å². The second-order valence-electron chi connectivity index (χ2n) is 5.90. The molecule has 4 nitrogen and oxygen atoms in total. The number of aliphatic hydroxyl groups is 1. The molecule has 1 unspecified atom stereocenters. The summed E-state index contributed by atoms with van der Waals surface area (Å²) in [5, 5.41) is 12.1. The van der Waals surface area contributed by atoms with Gasteiger partial charge in [0.15, 0.2) is 0 Å². The molecule has 0 aromatic heterocycles. The summed E-state index contributed by atoms with van der Waals surface area (Å²) < 4.78 is 0. The molecule has 0 heterocycles. The molecular weight excluding hydrogens is 300 g/mol. The van der Waals surface area contributed by atoms with E-state index in [0.29, 0.717) is 6.54 Å². The number of hydrogen-bond donors (Lipinski definition) is 2. The van der Waals surface area contributed by atoms with Crippen LogP contribution >= 0.6 is 0 Å². The summed E-state index contributed by atoms with van der Waals surface area (Å²) in [5.41, 5.74) is 3.05. The van der Waals surface area contributed by atoms with Crippen molar-refractivity contribution in [1.29, 1.82) is 0 Å². The molecule has 2 rings (SSSR count). The first kappa shape index (κ1) is 18.2. The van der Waals surface area contributed by atoms with E-state index in [1.165, 1.54) is 0 Å². The van der Waals surface area contributed by atoms with Crippen LogP contribution in [0.2, 0.25) is 0 Å². The molecule has 2 aromatic carbocycles. The standard InChI is InChI=1S/C20H26N2O2/c1-3-22(2)19(18-7-5-4-6-8-18)20(24)21-14-13-16-9-11-17(15-23)12-10-16/h4-12,19,23H,3,13-15H2,1-2H3,(H,21,24). The van der Waals surface area contributed by atoms with E-state index in [2.05, 4.69) is 5.32 Å². The Morgan fingerprint density at radius 3 is 2.29 bits per heavy atom. The Morgan fingerprint density at radius 1 is 1.08 bits per heavy atom. The molecule has 2 N–H and O–H groups in total. The summed E-state index contributed by atoms with van der Waals surface area (Å²) in [7, 11) is 1.96. The molecule has 0 aliphatic heterocycles. The van der Waals surface area contributed by atoms with Gasteiger partial charge < -0.3 is 10.4 Å².